The maximum absolute atomic E-state index is 6.60. The number of pyridine rings is 2. The minimum atomic E-state index is 0.665. The van der Waals surface area contributed by atoms with E-state index >= 15 is 0 Å². The second-order valence-electron chi connectivity index (χ2n) is 10.8. The molecule has 4 aromatic carbocycles. The van der Waals surface area contributed by atoms with Gasteiger partial charge in [-0.05, 0) is 65.4 Å². The molecule has 0 unspecified atom stereocenters. The van der Waals surface area contributed by atoms with Gasteiger partial charge in [-0.25, -0.2) is 9.97 Å². The van der Waals surface area contributed by atoms with E-state index in [1.807, 2.05) is 36.7 Å². The molecule has 0 atom stereocenters. The number of nitrogens with zero attached hydrogens (tertiary/aromatic N) is 5. The first-order chi connectivity index (χ1) is 21.3. The van der Waals surface area contributed by atoms with E-state index in [1.54, 1.807) is 12.5 Å². The van der Waals surface area contributed by atoms with Gasteiger partial charge in [0.2, 0.25) is 0 Å². The average Bonchev–Trinajstić information content (AvgIpc) is 3.73. The zero-order chi connectivity index (χ0) is 28.1. The lowest BCUT2D eigenvalue weighted by molar-refractivity contribution is 0.663. The molecule has 7 heteroatoms. The maximum Gasteiger partial charge on any atom is 0.172 e. The summed E-state index contributed by atoms with van der Waals surface area (Å²) in [5.74, 6) is 0. The van der Waals surface area contributed by atoms with E-state index in [4.69, 9.17) is 8.83 Å². The molecule has 200 valence electrons. The number of hydrogen-bond acceptors (Lipinski definition) is 6. The summed E-state index contributed by atoms with van der Waals surface area (Å²) in [6.07, 6.45) is 6.90. The van der Waals surface area contributed by atoms with E-state index in [-0.39, 0.29) is 0 Å². The van der Waals surface area contributed by atoms with Crippen LogP contribution in [-0.4, -0.2) is 24.5 Å². The highest BCUT2D eigenvalue weighted by Gasteiger charge is 2.19. The fraction of sp³-hybridized carbons (Fsp3) is 0. The summed E-state index contributed by atoms with van der Waals surface area (Å²) < 4.78 is 15.1. The quantitative estimate of drug-likeness (QED) is 0.212. The van der Waals surface area contributed by atoms with Crippen molar-refractivity contribution in [1.29, 1.82) is 0 Å². The number of rotatable bonds is 2. The minimum absolute atomic E-state index is 0.665. The molecule has 10 rings (SSSR count). The number of aromatic nitrogens is 5. The second-order valence-corrected chi connectivity index (χ2v) is 10.8. The molecule has 0 fully saturated rings. The Morgan fingerprint density at radius 3 is 2.05 bits per heavy atom. The highest BCUT2D eigenvalue weighted by Crippen LogP contribution is 2.41. The standard InChI is InChI=1S/C36H19N5O2/c1-5-23(24-6-2-8-26-32-31(43-36(24)26)18-37-19-40-32)35-25(7-1)27-16-21-15-22(12-11-20(21)17-30(27)42-35)41-28-9-3-13-38-33(28)34-29(41)10-4-14-39-34/h1-19H. The summed E-state index contributed by atoms with van der Waals surface area (Å²) in [6, 6.07) is 31.4. The molecular weight excluding hydrogens is 534 g/mol. The molecule has 0 N–H and O–H groups in total. The Hall–Kier alpha value is -6.08. The highest BCUT2D eigenvalue weighted by atomic mass is 16.3. The van der Waals surface area contributed by atoms with E-state index < -0.39 is 0 Å². The zero-order valence-corrected chi connectivity index (χ0v) is 22.5. The van der Waals surface area contributed by atoms with Crippen LogP contribution >= 0.6 is 0 Å². The van der Waals surface area contributed by atoms with Crippen LogP contribution in [-0.2, 0) is 0 Å². The predicted molar refractivity (Wildman–Crippen MR) is 169 cm³/mol. The van der Waals surface area contributed by atoms with Crippen molar-refractivity contribution >= 4 is 76.8 Å². The van der Waals surface area contributed by atoms with Gasteiger partial charge in [0.1, 0.15) is 39.6 Å². The molecule has 43 heavy (non-hydrogen) atoms. The third kappa shape index (κ3) is 3.08. The lowest BCUT2D eigenvalue weighted by Crippen LogP contribution is -1.94. The summed E-state index contributed by atoms with van der Waals surface area (Å²) >= 11 is 0. The van der Waals surface area contributed by atoms with Crippen molar-refractivity contribution in [1.82, 2.24) is 24.5 Å². The number of hydrogen-bond donors (Lipinski definition) is 0. The van der Waals surface area contributed by atoms with Crippen LogP contribution in [0.2, 0.25) is 0 Å². The van der Waals surface area contributed by atoms with Crippen LogP contribution in [0.5, 0.6) is 0 Å². The van der Waals surface area contributed by atoms with Crippen LogP contribution in [0.15, 0.2) is 125 Å². The van der Waals surface area contributed by atoms with Crippen LogP contribution < -0.4 is 0 Å². The van der Waals surface area contributed by atoms with Gasteiger partial charge in [-0.15, -0.1) is 0 Å². The Morgan fingerprint density at radius 2 is 1.26 bits per heavy atom. The SMILES string of the molecule is c1cc(-c2cccc3c2oc2cncnc23)c2oc3cc4ccc(-n5c6cccnc6c6ncccc65)cc4cc3c2c1. The zero-order valence-electron chi connectivity index (χ0n) is 22.5. The fourth-order valence-electron chi connectivity index (χ4n) is 6.56. The Labute approximate surface area is 242 Å². The summed E-state index contributed by atoms with van der Waals surface area (Å²) in [5.41, 5.74) is 10.8. The summed E-state index contributed by atoms with van der Waals surface area (Å²) in [7, 11) is 0. The molecule has 0 aliphatic heterocycles. The normalized spacial score (nSPS) is 12.2. The largest absolute Gasteiger partial charge is 0.455 e. The van der Waals surface area contributed by atoms with E-state index in [0.29, 0.717) is 5.58 Å². The Bertz CT molecular complexity index is 2700. The minimum Gasteiger partial charge on any atom is -0.455 e. The fourth-order valence-corrected chi connectivity index (χ4v) is 6.56. The smallest absolute Gasteiger partial charge is 0.172 e. The van der Waals surface area contributed by atoms with E-state index in [1.165, 1.54) is 0 Å². The van der Waals surface area contributed by atoms with Gasteiger partial charge in [0.25, 0.3) is 0 Å². The van der Waals surface area contributed by atoms with Crippen molar-refractivity contribution < 1.29 is 8.83 Å². The number of para-hydroxylation sites is 2. The van der Waals surface area contributed by atoms with Gasteiger partial charge >= 0.3 is 0 Å². The molecule has 0 aliphatic carbocycles. The summed E-state index contributed by atoms with van der Waals surface area (Å²) in [6.45, 7) is 0. The van der Waals surface area contributed by atoms with Gasteiger partial charge in [0.05, 0.1) is 17.2 Å². The molecular formula is C36H19N5O2. The first-order valence-corrected chi connectivity index (χ1v) is 14.0. The van der Waals surface area contributed by atoms with Crippen LogP contribution in [0, 0.1) is 0 Å². The average molecular weight is 554 g/mol. The molecule has 0 aliphatic rings. The molecule has 0 spiro atoms. The number of fused-ring (bicyclic) bond motifs is 10. The molecule has 0 saturated carbocycles. The van der Waals surface area contributed by atoms with Gasteiger partial charge in [-0.3, -0.25) is 9.97 Å². The molecule has 10 aromatic rings. The Balaban J connectivity index is 1.20. The van der Waals surface area contributed by atoms with Gasteiger partial charge in [-0.2, -0.15) is 0 Å². The van der Waals surface area contributed by atoms with Gasteiger partial charge in [-0.1, -0.05) is 36.4 Å². The summed E-state index contributed by atoms with van der Waals surface area (Å²) in [5, 5.41) is 5.30. The van der Waals surface area contributed by atoms with Crippen molar-refractivity contribution in [3.63, 3.8) is 0 Å². The second kappa shape index (κ2) is 8.24. The first-order valence-electron chi connectivity index (χ1n) is 14.0. The van der Waals surface area contributed by atoms with Crippen molar-refractivity contribution in [3.05, 3.63) is 116 Å². The third-order valence-electron chi connectivity index (χ3n) is 8.43. The highest BCUT2D eigenvalue weighted by molar-refractivity contribution is 6.16. The van der Waals surface area contributed by atoms with Gasteiger partial charge in [0.15, 0.2) is 5.58 Å². The molecule has 6 aromatic heterocycles. The predicted octanol–water partition coefficient (Wildman–Crippen LogP) is 8.98. The van der Waals surface area contributed by atoms with Crippen LogP contribution in [0.25, 0.3) is 93.7 Å². The third-order valence-corrected chi connectivity index (χ3v) is 8.43. The van der Waals surface area contributed by atoms with Crippen molar-refractivity contribution in [3.8, 4) is 16.8 Å². The van der Waals surface area contributed by atoms with Gasteiger partial charge < -0.3 is 13.4 Å². The maximum atomic E-state index is 6.60. The summed E-state index contributed by atoms with van der Waals surface area (Å²) in [4.78, 5) is 17.9. The van der Waals surface area contributed by atoms with Gasteiger partial charge in [0, 0.05) is 45.4 Å². The number of furan rings is 2. The van der Waals surface area contributed by atoms with Crippen molar-refractivity contribution in [2.45, 2.75) is 0 Å². The van der Waals surface area contributed by atoms with Crippen molar-refractivity contribution in [2.75, 3.05) is 0 Å². The van der Waals surface area contributed by atoms with Crippen LogP contribution in [0.4, 0.5) is 0 Å². The monoisotopic (exact) mass is 553 g/mol. The molecule has 6 heterocycles. The number of benzene rings is 4. The van der Waals surface area contributed by atoms with Crippen molar-refractivity contribution in [2.24, 2.45) is 0 Å². The lowest BCUT2D eigenvalue weighted by Gasteiger charge is -2.09. The Morgan fingerprint density at radius 1 is 0.535 bits per heavy atom. The molecule has 0 saturated heterocycles. The lowest BCUT2D eigenvalue weighted by atomic mass is 10.00. The molecule has 0 amide bonds. The molecule has 7 nitrogen and oxygen atoms in total. The van der Waals surface area contributed by atoms with E-state index in [9.17, 15) is 0 Å². The van der Waals surface area contributed by atoms with Crippen LogP contribution in [0.3, 0.4) is 0 Å². The molecule has 0 radical (unpaired) electrons. The Kier molecular flexibility index (Phi) is 4.33. The first kappa shape index (κ1) is 22.6. The van der Waals surface area contributed by atoms with Crippen LogP contribution in [0.1, 0.15) is 0 Å². The van der Waals surface area contributed by atoms with E-state index in [2.05, 4.69) is 91.2 Å². The topological polar surface area (TPSA) is 82.8 Å². The van der Waals surface area contributed by atoms with E-state index in [0.717, 1.165) is 88.1 Å². The molecule has 0 bridgehead atoms.